The maximum Gasteiger partial charge on any atom is 0.249 e. The van der Waals surface area contributed by atoms with Gasteiger partial charge in [0.15, 0.2) is 0 Å². The van der Waals surface area contributed by atoms with Crippen molar-refractivity contribution in [3.8, 4) is 0 Å². The highest BCUT2D eigenvalue weighted by molar-refractivity contribution is 7.99. The molecule has 0 aliphatic heterocycles. The van der Waals surface area contributed by atoms with E-state index in [1.807, 2.05) is 0 Å². The summed E-state index contributed by atoms with van der Waals surface area (Å²) < 4.78 is 26.6. The van der Waals surface area contributed by atoms with Crippen LogP contribution in [0.5, 0.6) is 0 Å². The van der Waals surface area contributed by atoms with Crippen molar-refractivity contribution in [3.05, 3.63) is 53.6 Å². The molecule has 0 aliphatic rings. The lowest BCUT2D eigenvalue weighted by Gasteiger charge is -2.08. The molecule has 0 unspecified atom stereocenters. The van der Waals surface area contributed by atoms with Gasteiger partial charge in [0, 0.05) is 10.6 Å². The average Bonchev–Trinajstić information content (AvgIpc) is 2.35. The normalized spacial score (nSPS) is 10.4. The number of primary amides is 1. The third kappa shape index (κ3) is 3.03. The Morgan fingerprint density at radius 3 is 2.47 bits per heavy atom. The first-order valence-corrected chi connectivity index (χ1v) is 6.11. The molecule has 0 heterocycles. The predicted octanol–water partition coefficient (Wildman–Crippen LogP) is 2.80. The highest BCUT2D eigenvalue weighted by Crippen LogP contribution is 2.33. The molecule has 2 rings (SSSR count). The number of hydrogen-bond donors (Lipinski definition) is 2. The monoisotopic (exact) mass is 280 g/mol. The molecule has 6 heteroatoms. The fourth-order valence-corrected chi connectivity index (χ4v) is 2.48. The zero-order valence-corrected chi connectivity index (χ0v) is 10.5. The minimum Gasteiger partial charge on any atom is -0.399 e. The second kappa shape index (κ2) is 5.27. The third-order valence-corrected chi connectivity index (χ3v) is 3.49. The number of nitrogen functional groups attached to an aromatic ring is 1. The van der Waals surface area contributed by atoms with E-state index >= 15 is 0 Å². The number of nitrogens with two attached hydrogens (primary N) is 2. The summed E-state index contributed by atoms with van der Waals surface area (Å²) in [6.45, 7) is 0. The van der Waals surface area contributed by atoms with Gasteiger partial charge in [-0.1, -0.05) is 11.8 Å². The lowest BCUT2D eigenvalue weighted by Crippen LogP contribution is -2.12. The summed E-state index contributed by atoms with van der Waals surface area (Å²) in [5, 5.41) is 0. The molecule has 0 aliphatic carbocycles. The van der Waals surface area contributed by atoms with E-state index in [2.05, 4.69) is 0 Å². The summed E-state index contributed by atoms with van der Waals surface area (Å²) in [6.07, 6.45) is 0. The maximum absolute atomic E-state index is 13.5. The van der Waals surface area contributed by atoms with Crippen LogP contribution in [-0.4, -0.2) is 5.91 Å². The first-order chi connectivity index (χ1) is 8.97. The molecule has 2 aromatic carbocycles. The Labute approximate surface area is 112 Å². The van der Waals surface area contributed by atoms with Crippen LogP contribution in [0.3, 0.4) is 0 Å². The van der Waals surface area contributed by atoms with E-state index in [9.17, 15) is 13.6 Å². The molecule has 0 atom stereocenters. The van der Waals surface area contributed by atoms with Gasteiger partial charge in [-0.05, 0) is 36.4 Å². The molecule has 98 valence electrons. The number of hydrogen-bond acceptors (Lipinski definition) is 3. The lowest BCUT2D eigenvalue weighted by molar-refractivity contribution is 0.0997. The molecule has 2 aromatic rings. The summed E-state index contributed by atoms with van der Waals surface area (Å²) in [6, 6.07) is 7.62. The number of rotatable bonds is 3. The van der Waals surface area contributed by atoms with E-state index in [0.29, 0.717) is 10.6 Å². The van der Waals surface area contributed by atoms with E-state index < -0.39 is 17.5 Å². The molecule has 0 bridgehead atoms. The van der Waals surface area contributed by atoms with Crippen molar-refractivity contribution in [1.29, 1.82) is 0 Å². The topological polar surface area (TPSA) is 69.1 Å². The number of carbonyl (C=O) groups is 1. The van der Waals surface area contributed by atoms with Gasteiger partial charge in [0.25, 0.3) is 0 Å². The van der Waals surface area contributed by atoms with Crippen LogP contribution in [0.25, 0.3) is 0 Å². The quantitative estimate of drug-likeness (QED) is 0.849. The van der Waals surface area contributed by atoms with Crippen molar-refractivity contribution in [3.63, 3.8) is 0 Å². The molecule has 19 heavy (non-hydrogen) atoms. The Hall–Kier alpha value is -2.08. The van der Waals surface area contributed by atoms with Crippen molar-refractivity contribution in [1.82, 2.24) is 0 Å². The van der Waals surface area contributed by atoms with E-state index in [4.69, 9.17) is 11.5 Å². The second-order valence-corrected chi connectivity index (χ2v) is 4.88. The molecule has 1 amide bonds. The molecule has 0 fully saturated rings. The zero-order chi connectivity index (χ0) is 14.0. The van der Waals surface area contributed by atoms with Gasteiger partial charge in [-0.15, -0.1) is 0 Å². The Morgan fingerprint density at radius 1 is 1.05 bits per heavy atom. The summed E-state index contributed by atoms with van der Waals surface area (Å²) >= 11 is 0.921. The van der Waals surface area contributed by atoms with Gasteiger partial charge in [0.1, 0.15) is 11.6 Å². The zero-order valence-electron chi connectivity index (χ0n) is 9.69. The molecule has 0 saturated heterocycles. The van der Waals surface area contributed by atoms with E-state index in [0.717, 1.165) is 30.0 Å². The van der Waals surface area contributed by atoms with Crippen LogP contribution in [0.15, 0.2) is 46.2 Å². The van der Waals surface area contributed by atoms with E-state index in [1.54, 1.807) is 12.1 Å². The highest BCUT2D eigenvalue weighted by Gasteiger charge is 2.13. The molecule has 3 nitrogen and oxygen atoms in total. The number of benzene rings is 2. The van der Waals surface area contributed by atoms with Crippen molar-refractivity contribution in [2.24, 2.45) is 5.73 Å². The van der Waals surface area contributed by atoms with E-state index in [1.165, 1.54) is 6.07 Å². The fraction of sp³-hybridized carbons (Fsp3) is 0. The number of halogens is 2. The van der Waals surface area contributed by atoms with Crippen LogP contribution >= 0.6 is 11.8 Å². The van der Waals surface area contributed by atoms with Crippen LogP contribution in [0.2, 0.25) is 0 Å². The number of amides is 1. The molecular weight excluding hydrogens is 270 g/mol. The van der Waals surface area contributed by atoms with Gasteiger partial charge >= 0.3 is 0 Å². The number of carbonyl (C=O) groups excluding carboxylic acids is 1. The second-order valence-electron chi connectivity index (χ2n) is 3.80. The first-order valence-electron chi connectivity index (χ1n) is 5.29. The summed E-state index contributed by atoms with van der Waals surface area (Å²) in [4.78, 5) is 11.8. The molecule has 4 N–H and O–H groups in total. The van der Waals surface area contributed by atoms with Crippen LogP contribution < -0.4 is 11.5 Å². The van der Waals surface area contributed by atoms with Crippen LogP contribution in [-0.2, 0) is 0 Å². The molecule has 0 radical (unpaired) electrons. The van der Waals surface area contributed by atoms with Gasteiger partial charge in [-0.25, -0.2) is 8.78 Å². The van der Waals surface area contributed by atoms with Gasteiger partial charge in [-0.2, -0.15) is 0 Å². The van der Waals surface area contributed by atoms with Gasteiger partial charge in [0.05, 0.1) is 10.5 Å². The Morgan fingerprint density at radius 2 is 1.79 bits per heavy atom. The van der Waals surface area contributed by atoms with Crippen LogP contribution in [0, 0.1) is 11.6 Å². The highest BCUT2D eigenvalue weighted by atomic mass is 32.2. The first kappa shape index (κ1) is 13.4. The van der Waals surface area contributed by atoms with Gasteiger partial charge < -0.3 is 11.5 Å². The minimum absolute atomic E-state index is 0.0762. The Kier molecular flexibility index (Phi) is 3.71. The van der Waals surface area contributed by atoms with Crippen molar-refractivity contribution in [2.45, 2.75) is 9.79 Å². The largest absolute Gasteiger partial charge is 0.399 e. The van der Waals surface area contributed by atoms with Gasteiger partial charge in [-0.3, -0.25) is 4.79 Å². The van der Waals surface area contributed by atoms with Crippen molar-refractivity contribution < 1.29 is 13.6 Å². The smallest absolute Gasteiger partial charge is 0.249 e. The summed E-state index contributed by atoms with van der Waals surface area (Å²) in [5.41, 5.74) is 11.3. The molecule has 0 aromatic heterocycles. The predicted molar refractivity (Wildman–Crippen MR) is 69.9 cm³/mol. The SMILES string of the molecule is NC(=O)c1cc(N)ccc1Sc1cc(F)ccc1F. The van der Waals surface area contributed by atoms with Crippen LogP contribution in [0.4, 0.5) is 14.5 Å². The Bertz CT molecular complexity index is 647. The summed E-state index contributed by atoms with van der Waals surface area (Å²) in [7, 11) is 0. The average molecular weight is 280 g/mol. The molecule has 0 spiro atoms. The minimum atomic E-state index is -0.674. The van der Waals surface area contributed by atoms with Gasteiger partial charge in [0.2, 0.25) is 5.91 Å². The Balaban J connectivity index is 2.43. The standard InChI is InChI=1S/C13H10F2N2OS/c14-7-1-3-10(15)12(5-7)19-11-4-2-8(16)6-9(11)13(17)18/h1-6H,16H2,(H2,17,18). The maximum atomic E-state index is 13.5. The summed E-state index contributed by atoms with van der Waals surface area (Å²) in [5.74, 6) is -1.80. The van der Waals surface area contributed by atoms with Crippen molar-refractivity contribution in [2.75, 3.05) is 5.73 Å². The van der Waals surface area contributed by atoms with Crippen LogP contribution in [0.1, 0.15) is 10.4 Å². The molecular formula is C13H10F2N2OS. The van der Waals surface area contributed by atoms with Crippen molar-refractivity contribution >= 4 is 23.4 Å². The lowest BCUT2D eigenvalue weighted by atomic mass is 10.2. The fourth-order valence-electron chi connectivity index (χ4n) is 1.50. The number of anilines is 1. The van der Waals surface area contributed by atoms with E-state index in [-0.39, 0.29) is 10.5 Å². The molecule has 0 saturated carbocycles. The third-order valence-electron chi connectivity index (χ3n) is 2.38.